The Morgan fingerprint density at radius 1 is 1.31 bits per heavy atom. The zero-order chi connectivity index (χ0) is 9.90. The van der Waals surface area contributed by atoms with Gasteiger partial charge in [0.15, 0.2) is 0 Å². The molecule has 0 saturated heterocycles. The number of rotatable bonds is 6. The van der Waals surface area contributed by atoms with Crippen LogP contribution in [0.3, 0.4) is 0 Å². The normalized spacial score (nSPS) is 18.2. The fraction of sp³-hybridized carbons (Fsp3) is 1.00. The summed E-state index contributed by atoms with van der Waals surface area (Å²) in [6.07, 6.45) is 4.10. The van der Waals surface area contributed by atoms with Gasteiger partial charge in [0.2, 0.25) is 0 Å². The van der Waals surface area contributed by atoms with E-state index in [-0.39, 0.29) is 0 Å². The first-order valence-corrected chi connectivity index (χ1v) is 5.42. The summed E-state index contributed by atoms with van der Waals surface area (Å²) in [7, 11) is 4.26. The molecule has 2 heteroatoms. The largest absolute Gasteiger partial charge is 0.311 e. The average molecular weight is 184 g/mol. The van der Waals surface area contributed by atoms with Crippen molar-refractivity contribution >= 4 is 0 Å². The molecular weight excluding hydrogens is 160 g/mol. The molecule has 0 heterocycles. The smallest absolute Gasteiger partial charge is 0.0153 e. The van der Waals surface area contributed by atoms with Gasteiger partial charge in [-0.1, -0.05) is 0 Å². The molecule has 0 aliphatic heterocycles. The van der Waals surface area contributed by atoms with Gasteiger partial charge < -0.3 is 10.2 Å². The van der Waals surface area contributed by atoms with Crippen molar-refractivity contribution in [3.8, 4) is 0 Å². The van der Waals surface area contributed by atoms with Crippen LogP contribution in [0.25, 0.3) is 0 Å². The number of hydrogen-bond donors (Lipinski definition) is 1. The van der Waals surface area contributed by atoms with E-state index in [9.17, 15) is 0 Å². The van der Waals surface area contributed by atoms with E-state index in [0.29, 0.717) is 5.54 Å². The zero-order valence-electron chi connectivity index (χ0n) is 9.56. The fourth-order valence-corrected chi connectivity index (χ4v) is 1.76. The summed E-state index contributed by atoms with van der Waals surface area (Å²) in [5, 5.41) is 3.65. The first-order chi connectivity index (χ1) is 6.02. The van der Waals surface area contributed by atoms with E-state index in [2.05, 4.69) is 38.2 Å². The van der Waals surface area contributed by atoms with Crippen molar-refractivity contribution in [3.63, 3.8) is 0 Å². The molecule has 0 spiro atoms. The molecule has 0 aromatic rings. The molecule has 1 aliphatic rings. The van der Waals surface area contributed by atoms with Gasteiger partial charge in [-0.25, -0.2) is 0 Å². The standard InChI is InChI=1S/C11H24N2/c1-11(2,10-6-7-10)12-8-5-9-13(3)4/h10,12H,5-9H2,1-4H3. The highest BCUT2D eigenvalue weighted by atomic mass is 15.1. The van der Waals surface area contributed by atoms with Crippen LogP contribution >= 0.6 is 0 Å². The highest BCUT2D eigenvalue weighted by molar-refractivity contribution is 4.94. The summed E-state index contributed by atoms with van der Waals surface area (Å²) in [5.74, 6) is 0.937. The Morgan fingerprint density at radius 3 is 2.38 bits per heavy atom. The Morgan fingerprint density at radius 2 is 1.92 bits per heavy atom. The van der Waals surface area contributed by atoms with Gasteiger partial charge in [-0.2, -0.15) is 0 Å². The topological polar surface area (TPSA) is 15.3 Å². The molecule has 1 N–H and O–H groups in total. The maximum absolute atomic E-state index is 3.65. The molecule has 0 bridgehead atoms. The quantitative estimate of drug-likeness (QED) is 0.632. The van der Waals surface area contributed by atoms with Crippen molar-refractivity contribution in [2.75, 3.05) is 27.2 Å². The Balaban J connectivity index is 2.04. The van der Waals surface area contributed by atoms with Crippen LogP contribution in [0.1, 0.15) is 33.1 Å². The lowest BCUT2D eigenvalue weighted by atomic mass is 9.99. The molecule has 1 fully saturated rings. The molecule has 0 aromatic heterocycles. The third-order valence-electron chi connectivity index (χ3n) is 2.96. The van der Waals surface area contributed by atoms with Crippen LogP contribution in [0.15, 0.2) is 0 Å². The maximum atomic E-state index is 3.65. The lowest BCUT2D eigenvalue weighted by Gasteiger charge is -2.26. The van der Waals surface area contributed by atoms with Crippen LogP contribution in [0.5, 0.6) is 0 Å². The second kappa shape index (κ2) is 4.43. The molecule has 0 radical (unpaired) electrons. The molecule has 0 atom stereocenters. The highest BCUT2D eigenvalue weighted by Gasteiger charge is 2.36. The predicted molar refractivity (Wildman–Crippen MR) is 58.0 cm³/mol. The molecule has 0 amide bonds. The number of nitrogens with zero attached hydrogens (tertiary/aromatic N) is 1. The molecule has 0 unspecified atom stereocenters. The first kappa shape index (κ1) is 11.0. The summed E-state index contributed by atoms with van der Waals surface area (Å²) >= 11 is 0. The minimum Gasteiger partial charge on any atom is -0.311 e. The molecule has 1 aliphatic carbocycles. The maximum Gasteiger partial charge on any atom is 0.0153 e. The van der Waals surface area contributed by atoms with Crippen molar-refractivity contribution in [1.29, 1.82) is 0 Å². The van der Waals surface area contributed by atoms with Gasteiger partial charge in [-0.05, 0) is 66.2 Å². The van der Waals surface area contributed by atoms with E-state index in [0.717, 1.165) is 12.5 Å². The number of hydrogen-bond acceptors (Lipinski definition) is 2. The van der Waals surface area contributed by atoms with E-state index in [1.165, 1.54) is 25.8 Å². The second-order valence-corrected chi connectivity index (χ2v) is 5.08. The van der Waals surface area contributed by atoms with Crippen molar-refractivity contribution < 1.29 is 0 Å². The Kier molecular flexibility index (Phi) is 3.74. The van der Waals surface area contributed by atoms with Gasteiger partial charge in [0, 0.05) is 5.54 Å². The van der Waals surface area contributed by atoms with Gasteiger partial charge in [0.05, 0.1) is 0 Å². The summed E-state index contributed by atoms with van der Waals surface area (Å²) in [4.78, 5) is 2.24. The van der Waals surface area contributed by atoms with Gasteiger partial charge >= 0.3 is 0 Å². The van der Waals surface area contributed by atoms with Crippen molar-refractivity contribution in [2.24, 2.45) is 5.92 Å². The molecule has 0 aromatic carbocycles. The fourth-order valence-electron chi connectivity index (χ4n) is 1.76. The van der Waals surface area contributed by atoms with Crippen molar-refractivity contribution in [2.45, 2.75) is 38.6 Å². The van der Waals surface area contributed by atoms with E-state index in [4.69, 9.17) is 0 Å². The Bertz CT molecular complexity index is 148. The summed E-state index contributed by atoms with van der Waals surface area (Å²) < 4.78 is 0. The summed E-state index contributed by atoms with van der Waals surface area (Å²) in [6.45, 7) is 7.01. The molecule has 78 valence electrons. The van der Waals surface area contributed by atoms with Crippen molar-refractivity contribution in [3.05, 3.63) is 0 Å². The van der Waals surface area contributed by atoms with Crippen LogP contribution in [0.2, 0.25) is 0 Å². The lowest BCUT2D eigenvalue weighted by Crippen LogP contribution is -2.42. The zero-order valence-corrected chi connectivity index (χ0v) is 9.56. The van der Waals surface area contributed by atoms with E-state index >= 15 is 0 Å². The third kappa shape index (κ3) is 4.10. The molecular formula is C11H24N2. The number of nitrogens with one attached hydrogen (secondary N) is 1. The monoisotopic (exact) mass is 184 g/mol. The summed E-state index contributed by atoms with van der Waals surface area (Å²) in [5.41, 5.74) is 0.381. The van der Waals surface area contributed by atoms with Gasteiger partial charge in [-0.15, -0.1) is 0 Å². The minimum absolute atomic E-state index is 0.381. The van der Waals surface area contributed by atoms with Crippen LogP contribution in [-0.2, 0) is 0 Å². The SMILES string of the molecule is CN(C)CCCNC(C)(C)C1CC1. The van der Waals surface area contributed by atoms with Crippen LogP contribution < -0.4 is 5.32 Å². The lowest BCUT2D eigenvalue weighted by molar-refractivity contribution is 0.322. The Labute approximate surface area is 82.7 Å². The van der Waals surface area contributed by atoms with Crippen LogP contribution in [0.4, 0.5) is 0 Å². The molecule has 13 heavy (non-hydrogen) atoms. The minimum atomic E-state index is 0.381. The second-order valence-electron chi connectivity index (χ2n) is 5.08. The van der Waals surface area contributed by atoms with Gasteiger partial charge in [0.25, 0.3) is 0 Å². The average Bonchev–Trinajstić information content (AvgIpc) is 2.79. The first-order valence-electron chi connectivity index (χ1n) is 5.42. The van der Waals surface area contributed by atoms with Crippen molar-refractivity contribution in [1.82, 2.24) is 10.2 Å². The van der Waals surface area contributed by atoms with Gasteiger partial charge in [0.1, 0.15) is 0 Å². The van der Waals surface area contributed by atoms with Crippen LogP contribution in [0, 0.1) is 5.92 Å². The molecule has 2 nitrogen and oxygen atoms in total. The molecule has 1 rings (SSSR count). The van der Waals surface area contributed by atoms with E-state index in [1.807, 2.05) is 0 Å². The molecule has 1 saturated carbocycles. The van der Waals surface area contributed by atoms with E-state index < -0.39 is 0 Å². The third-order valence-corrected chi connectivity index (χ3v) is 2.96. The predicted octanol–water partition coefficient (Wildman–Crippen LogP) is 1.72. The van der Waals surface area contributed by atoms with Gasteiger partial charge in [-0.3, -0.25) is 0 Å². The van der Waals surface area contributed by atoms with Crippen LogP contribution in [-0.4, -0.2) is 37.6 Å². The summed E-state index contributed by atoms with van der Waals surface area (Å²) in [6, 6.07) is 0. The Hall–Kier alpha value is -0.0800. The van der Waals surface area contributed by atoms with E-state index in [1.54, 1.807) is 0 Å². The highest BCUT2D eigenvalue weighted by Crippen LogP contribution is 2.38.